The van der Waals surface area contributed by atoms with Crippen LogP contribution in [0.25, 0.3) is 0 Å². The molecule has 2 aromatic carbocycles. The number of hydrogen-bond donors (Lipinski definition) is 1. The summed E-state index contributed by atoms with van der Waals surface area (Å²) in [6.45, 7) is 2.84. The van der Waals surface area contributed by atoms with Crippen molar-refractivity contribution in [2.24, 2.45) is 0 Å². The van der Waals surface area contributed by atoms with E-state index in [4.69, 9.17) is 9.47 Å². The first-order chi connectivity index (χ1) is 10.6. The number of carbonyl (C=O) groups excluding carboxylic acids is 1. The zero-order chi connectivity index (χ0) is 15.5. The van der Waals surface area contributed by atoms with Crippen molar-refractivity contribution in [2.75, 3.05) is 13.2 Å². The zero-order valence-corrected chi connectivity index (χ0v) is 12.1. The van der Waals surface area contributed by atoms with Gasteiger partial charge in [0.05, 0.1) is 6.04 Å². The Bertz CT molecular complexity index is 685. The van der Waals surface area contributed by atoms with Crippen LogP contribution in [0.3, 0.4) is 0 Å². The van der Waals surface area contributed by atoms with E-state index in [1.165, 1.54) is 12.1 Å². The molecule has 1 aliphatic heterocycles. The van der Waals surface area contributed by atoms with Gasteiger partial charge in [0.1, 0.15) is 19.0 Å². The van der Waals surface area contributed by atoms with E-state index in [2.05, 4.69) is 5.32 Å². The summed E-state index contributed by atoms with van der Waals surface area (Å²) in [6, 6.07) is 10.9. The normalized spacial score (nSPS) is 14.3. The molecule has 0 saturated heterocycles. The second kappa shape index (κ2) is 6.05. The number of ether oxygens (including phenoxy) is 2. The summed E-state index contributed by atoms with van der Waals surface area (Å²) >= 11 is 0. The quantitative estimate of drug-likeness (QED) is 0.947. The van der Waals surface area contributed by atoms with Gasteiger partial charge in [0, 0.05) is 5.56 Å². The maximum absolute atomic E-state index is 12.9. The van der Waals surface area contributed by atoms with Gasteiger partial charge in [-0.2, -0.15) is 0 Å². The first-order valence-corrected chi connectivity index (χ1v) is 7.09. The predicted octanol–water partition coefficient (Wildman–Crippen LogP) is 3.09. The average molecular weight is 301 g/mol. The van der Waals surface area contributed by atoms with E-state index in [9.17, 15) is 9.18 Å². The number of rotatable bonds is 3. The molecule has 3 rings (SSSR count). The standard InChI is InChI=1S/C17H16FNO3/c1-11(12-2-5-14(18)6-3-12)19-17(20)13-4-7-15-16(10-13)22-9-8-21-15/h2-7,10-11H,8-9H2,1H3,(H,19,20). The third-order valence-corrected chi connectivity index (χ3v) is 3.52. The van der Waals surface area contributed by atoms with E-state index in [1.807, 2.05) is 6.92 Å². The van der Waals surface area contributed by atoms with E-state index in [0.717, 1.165) is 5.56 Å². The van der Waals surface area contributed by atoms with Gasteiger partial charge in [-0.15, -0.1) is 0 Å². The first kappa shape index (κ1) is 14.4. The second-order valence-electron chi connectivity index (χ2n) is 5.11. The molecule has 2 aromatic rings. The molecule has 1 atom stereocenters. The van der Waals surface area contributed by atoms with E-state index in [1.54, 1.807) is 30.3 Å². The van der Waals surface area contributed by atoms with Crippen LogP contribution >= 0.6 is 0 Å². The monoisotopic (exact) mass is 301 g/mol. The minimum Gasteiger partial charge on any atom is -0.486 e. The molecule has 22 heavy (non-hydrogen) atoms. The smallest absolute Gasteiger partial charge is 0.251 e. The van der Waals surface area contributed by atoms with Crippen molar-refractivity contribution >= 4 is 5.91 Å². The van der Waals surface area contributed by atoms with Crippen LogP contribution in [0.1, 0.15) is 28.9 Å². The molecule has 1 amide bonds. The average Bonchev–Trinajstić information content (AvgIpc) is 2.55. The highest BCUT2D eigenvalue weighted by atomic mass is 19.1. The van der Waals surface area contributed by atoms with Crippen molar-refractivity contribution < 1.29 is 18.7 Å². The molecule has 0 aliphatic carbocycles. The molecule has 114 valence electrons. The topological polar surface area (TPSA) is 47.6 Å². The highest BCUT2D eigenvalue weighted by Gasteiger charge is 2.16. The minimum absolute atomic E-state index is 0.214. The number of nitrogens with one attached hydrogen (secondary N) is 1. The van der Waals surface area contributed by atoms with E-state index in [0.29, 0.717) is 30.3 Å². The summed E-state index contributed by atoms with van der Waals surface area (Å²) in [7, 11) is 0. The number of fused-ring (bicyclic) bond motifs is 1. The van der Waals surface area contributed by atoms with Crippen LogP contribution < -0.4 is 14.8 Å². The summed E-state index contributed by atoms with van der Waals surface area (Å²) < 4.78 is 23.8. The summed E-state index contributed by atoms with van der Waals surface area (Å²) in [4.78, 5) is 12.3. The van der Waals surface area contributed by atoms with E-state index < -0.39 is 0 Å². The Kier molecular flexibility index (Phi) is 3.96. The zero-order valence-electron chi connectivity index (χ0n) is 12.1. The van der Waals surface area contributed by atoms with Crippen LogP contribution in [0, 0.1) is 5.82 Å². The third-order valence-electron chi connectivity index (χ3n) is 3.52. The minimum atomic E-state index is -0.297. The van der Waals surface area contributed by atoms with Gasteiger partial charge in [-0.25, -0.2) is 4.39 Å². The largest absolute Gasteiger partial charge is 0.486 e. The van der Waals surface area contributed by atoms with Gasteiger partial charge in [-0.05, 0) is 42.8 Å². The van der Waals surface area contributed by atoms with Gasteiger partial charge >= 0.3 is 0 Å². The molecular formula is C17H16FNO3. The van der Waals surface area contributed by atoms with Crippen molar-refractivity contribution in [2.45, 2.75) is 13.0 Å². The lowest BCUT2D eigenvalue weighted by atomic mass is 10.1. The van der Waals surface area contributed by atoms with Crippen LogP contribution in [0.4, 0.5) is 4.39 Å². The Morgan fingerprint density at radius 2 is 1.77 bits per heavy atom. The number of hydrogen-bond acceptors (Lipinski definition) is 3. The predicted molar refractivity (Wildman–Crippen MR) is 79.7 cm³/mol. The Labute approximate surface area is 127 Å². The molecule has 0 spiro atoms. The molecule has 4 nitrogen and oxygen atoms in total. The molecule has 0 fully saturated rings. The molecule has 0 bridgehead atoms. The van der Waals surface area contributed by atoms with E-state index in [-0.39, 0.29) is 17.8 Å². The lowest BCUT2D eigenvalue weighted by Gasteiger charge is -2.19. The first-order valence-electron chi connectivity index (χ1n) is 7.09. The highest BCUT2D eigenvalue weighted by molar-refractivity contribution is 5.95. The molecule has 1 N–H and O–H groups in total. The molecule has 1 heterocycles. The Morgan fingerprint density at radius 3 is 2.50 bits per heavy atom. The van der Waals surface area contributed by atoms with Crippen molar-refractivity contribution in [1.82, 2.24) is 5.32 Å². The van der Waals surface area contributed by atoms with Crippen molar-refractivity contribution in [1.29, 1.82) is 0 Å². The summed E-state index contributed by atoms with van der Waals surface area (Å²) in [5.41, 5.74) is 1.34. The molecule has 1 aliphatic rings. The van der Waals surface area contributed by atoms with Gasteiger partial charge < -0.3 is 14.8 Å². The number of carbonyl (C=O) groups is 1. The maximum Gasteiger partial charge on any atom is 0.251 e. The summed E-state index contributed by atoms with van der Waals surface area (Å²) in [5.74, 6) is 0.714. The van der Waals surface area contributed by atoms with Gasteiger partial charge in [0.15, 0.2) is 11.5 Å². The van der Waals surface area contributed by atoms with Crippen LogP contribution in [-0.4, -0.2) is 19.1 Å². The van der Waals surface area contributed by atoms with Crippen LogP contribution in [-0.2, 0) is 0 Å². The molecule has 1 unspecified atom stereocenters. The number of amides is 1. The Morgan fingerprint density at radius 1 is 1.09 bits per heavy atom. The van der Waals surface area contributed by atoms with Crippen molar-refractivity contribution in [3.8, 4) is 11.5 Å². The summed E-state index contributed by atoms with van der Waals surface area (Å²) in [5, 5.41) is 2.88. The molecule has 0 aromatic heterocycles. The lowest BCUT2D eigenvalue weighted by Crippen LogP contribution is -2.27. The van der Waals surface area contributed by atoms with Crippen molar-refractivity contribution in [3.63, 3.8) is 0 Å². The third kappa shape index (κ3) is 3.03. The van der Waals surface area contributed by atoms with Crippen LogP contribution in [0.2, 0.25) is 0 Å². The van der Waals surface area contributed by atoms with Gasteiger partial charge in [0.25, 0.3) is 5.91 Å². The van der Waals surface area contributed by atoms with Crippen molar-refractivity contribution in [3.05, 3.63) is 59.4 Å². The second-order valence-corrected chi connectivity index (χ2v) is 5.11. The highest BCUT2D eigenvalue weighted by Crippen LogP contribution is 2.30. The van der Waals surface area contributed by atoms with Gasteiger partial charge in [0.2, 0.25) is 0 Å². The number of benzene rings is 2. The van der Waals surface area contributed by atoms with Gasteiger partial charge in [-0.1, -0.05) is 12.1 Å². The Hall–Kier alpha value is -2.56. The number of halogens is 1. The molecule has 0 radical (unpaired) electrons. The SMILES string of the molecule is CC(NC(=O)c1ccc2c(c1)OCCO2)c1ccc(F)cc1. The maximum atomic E-state index is 12.9. The van der Waals surface area contributed by atoms with E-state index >= 15 is 0 Å². The fourth-order valence-corrected chi connectivity index (χ4v) is 2.30. The van der Waals surface area contributed by atoms with Crippen LogP contribution in [0.5, 0.6) is 11.5 Å². The summed E-state index contributed by atoms with van der Waals surface area (Å²) in [6.07, 6.45) is 0. The molecular weight excluding hydrogens is 285 g/mol. The molecule has 5 heteroatoms. The fraction of sp³-hybridized carbons (Fsp3) is 0.235. The van der Waals surface area contributed by atoms with Crippen LogP contribution in [0.15, 0.2) is 42.5 Å². The Balaban J connectivity index is 1.72. The fourth-order valence-electron chi connectivity index (χ4n) is 2.30. The van der Waals surface area contributed by atoms with Gasteiger partial charge in [-0.3, -0.25) is 4.79 Å². The molecule has 0 saturated carbocycles. The lowest BCUT2D eigenvalue weighted by molar-refractivity contribution is 0.0938.